The maximum absolute atomic E-state index is 13.5. The number of carbonyl (C=O) groups is 3. The van der Waals surface area contributed by atoms with E-state index in [9.17, 15) is 31.2 Å². The fourth-order valence-electron chi connectivity index (χ4n) is 5.70. The molecule has 1 aliphatic carbocycles. The molecule has 0 spiro atoms. The van der Waals surface area contributed by atoms with Crippen LogP contribution in [0.5, 0.6) is 0 Å². The van der Waals surface area contributed by atoms with E-state index in [1.807, 2.05) is 0 Å². The number of hydrogen-bond donors (Lipinski definition) is 2. The SMILES string of the molecule is CC(C)N(C)[C@@H]1CC[C@H](N2CC[C@H](NC(=O)c3cc(Cl)cc(Cl)c3)C2=O)[C@H](CS(=O)(=O)c2ccccc2)C1.O=C(O)C(F)(F)F. The van der Waals surface area contributed by atoms with E-state index >= 15 is 0 Å². The molecular weight excluding hydrogens is 658 g/mol. The van der Waals surface area contributed by atoms with Crippen LogP contribution in [0.4, 0.5) is 13.2 Å². The van der Waals surface area contributed by atoms with Crippen molar-refractivity contribution in [1.29, 1.82) is 0 Å². The van der Waals surface area contributed by atoms with E-state index in [0.29, 0.717) is 46.8 Å². The summed E-state index contributed by atoms with van der Waals surface area (Å²) in [5.41, 5.74) is 0.290. The molecule has 15 heteroatoms. The van der Waals surface area contributed by atoms with Crippen molar-refractivity contribution >= 4 is 50.8 Å². The van der Waals surface area contributed by atoms with Gasteiger partial charge in [-0.25, -0.2) is 13.2 Å². The fraction of sp³-hybridized carbons (Fsp3) is 0.500. The summed E-state index contributed by atoms with van der Waals surface area (Å²) in [4.78, 5) is 39.6. The van der Waals surface area contributed by atoms with Crippen molar-refractivity contribution < 1.29 is 41.1 Å². The van der Waals surface area contributed by atoms with Crippen LogP contribution in [-0.2, 0) is 19.4 Å². The highest BCUT2D eigenvalue weighted by molar-refractivity contribution is 7.91. The van der Waals surface area contributed by atoms with Gasteiger partial charge in [0.25, 0.3) is 5.91 Å². The predicted octanol–water partition coefficient (Wildman–Crippen LogP) is 5.31. The number of nitrogens with one attached hydrogen (secondary N) is 1. The van der Waals surface area contributed by atoms with E-state index in [1.54, 1.807) is 41.3 Å². The third-order valence-corrected chi connectivity index (χ3v) is 10.4. The van der Waals surface area contributed by atoms with Crippen LogP contribution in [0.25, 0.3) is 0 Å². The number of alkyl halides is 3. The summed E-state index contributed by atoms with van der Waals surface area (Å²) >= 11 is 12.1. The molecule has 1 saturated carbocycles. The molecule has 1 saturated heterocycles. The largest absolute Gasteiger partial charge is 0.490 e. The molecule has 45 heavy (non-hydrogen) atoms. The van der Waals surface area contributed by atoms with Crippen LogP contribution in [0.3, 0.4) is 0 Å². The van der Waals surface area contributed by atoms with E-state index < -0.39 is 33.9 Å². The van der Waals surface area contributed by atoms with Crippen LogP contribution in [-0.4, -0.2) is 90.8 Å². The van der Waals surface area contributed by atoms with Crippen LogP contribution < -0.4 is 5.32 Å². The van der Waals surface area contributed by atoms with Crippen LogP contribution in [0, 0.1) is 5.92 Å². The summed E-state index contributed by atoms with van der Waals surface area (Å²) in [6.45, 7) is 4.73. The number of nitrogens with zero attached hydrogens (tertiary/aromatic N) is 2. The average molecular weight is 695 g/mol. The van der Waals surface area contributed by atoms with Crippen molar-refractivity contribution in [3.05, 3.63) is 64.1 Å². The van der Waals surface area contributed by atoms with Gasteiger partial charge >= 0.3 is 12.1 Å². The number of likely N-dealkylation sites (tertiary alicyclic amines) is 1. The van der Waals surface area contributed by atoms with Crippen LogP contribution >= 0.6 is 23.2 Å². The molecule has 0 aromatic heterocycles. The van der Waals surface area contributed by atoms with E-state index in [1.165, 1.54) is 12.1 Å². The molecule has 2 aliphatic rings. The van der Waals surface area contributed by atoms with Gasteiger partial charge < -0.3 is 20.2 Å². The van der Waals surface area contributed by atoms with Gasteiger partial charge in [0.1, 0.15) is 6.04 Å². The number of benzene rings is 2. The van der Waals surface area contributed by atoms with Gasteiger partial charge in [-0.05, 0) is 82.8 Å². The zero-order valence-electron chi connectivity index (χ0n) is 24.9. The topological polar surface area (TPSA) is 124 Å². The lowest BCUT2D eigenvalue weighted by Gasteiger charge is -2.44. The Morgan fingerprint density at radius 3 is 2.18 bits per heavy atom. The van der Waals surface area contributed by atoms with Gasteiger partial charge in [0, 0.05) is 40.3 Å². The molecule has 4 rings (SSSR count). The van der Waals surface area contributed by atoms with Crippen molar-refractivity contribution in [3.63, 3.8) is 0 Å². The second-order valence-electron chi connectivity index (χ2n) is 11.5. The Morgan fingerprint density at radius 1 is 1.07 bits per heavy atom. The lowest BCUT2D eigenvalue weighted by Crippen LogP contribution is -2.53. The third kappa shape index (κ3) is 9.81. The molecule has 2 aromatic carbocycles. The molecule has 1 heterocycles. The number of hydrogen-bond acceptors (Lipinski definition) is 6. The van der Waals surface area contributed by atoms with Gasteiger partial charge in [0.15, 0.2) is 9.84 Å². The smallest absolute Gasteiger partial charge is 0.475 e. The number of carboxylic acids is 1. The first-order chi connectivity index (χ1) is 20.9. The molecule has 0 radical (unpaired) electrons. The molecule has 0 unspecified atom stereocenters. The lowest BCUT2D eigenvalue weighted by molar-refractivity contribution is -0.192. The fourth-order valence-corrected chi connectivity index (χ4v) is 7.91. The number of carbonyl (C=O) groups excluding carboxylic acids is 2. The molecule has 2 amide bonds. The first-order valence-corrected chi connectivity index (χ1v) is 16.7. The van der Waals surface area contributed by atoms with Gasteiger partial charge in [-0.2, -0.15) is 13.2 Å². The second-order valence-corrected chi connectivity index (χ2v) is 14.4. The summed E-state index contributed by atoms with van der Waals surface area (Å²) in [5, 5.41) is 10.6. The molecule has 2 fully saturated rings. The molecule has 4 atom stereocenters. The van der Waals surface area contributed by atoms with Crippen LogP contribution in [0.15, 0.2) is 53.4 Å². The monoisotopic (exact) mass is 693 g/mol. The van der Waals surface area contributed by atoms with E-state index in [0.717, 1.165) is 6.42 Å². The highest BCUT2D eigenvalue weighted by Crippen LogP contribution is 2.36. The lowest BCUT2D eigenvalue weighted by atomic mass is 9.81. The Balaban J connectivity index is 0.000000707. The Morgan fingerprint density at radius 2 is 1.64 bits per heavy atom. The van der Waals surface area contributed by atoms with Crippen molar-refractivity contribution in [2.75, 3.05) is 19.3 Å². The zero-order valence-corrected chi connectivity index (χ0v) is 27.3. The van der Waals surface area contributed by atoms with Crippen molar-refractivity contribution in [2.24, 2.45) is 5.92 Å². The molecule has 1 aliphatic heterocycles. The Bertz CT molecular complexity index is 1460. The van der Waals surface area contributed by atoms with Gasteiger partial charge in [-0.1, -0.05) is 41.4 Å². The van der Waals surface area contributed by atoms with Crippen molar-refractivity contribution in [3.8, 4) is 0 Å². The van der Waals surface area contributed by atoms with E-state index in [4.69, 9.17) is 33.1 Å². The minimum absolute atomic E-state index is 0.0219. The number of aliphatic carboxylic acids is 1. The normalized spacial score (nSPS) is 22.3. The molecule has 9 nitrogen and oxygen atoms in total. The third-order valence-electron chi connectivity index (χ3n) is 8.15. The summed E-state index contributed by atoms with van der Waals surface area (Å²) in [6.07, 6.45) is -2.34. The van der Waals surface area contributed by atoms with Crippen molar-refractivity contribution in [2.45, 2.75) is 74.8 Å². The molecule has 2 N–H and O–H groups in total. The first kappa shape index (κ1) is 36.6. The number of carboxylic acid groups (broad SMARTS) is 1. The molecule has 2 aromatic rings. The minimum Gasteiger partial charge on any atom is -0.475 e. The summed E-state index contributed by atoms with van der Waals surface area (Å²) in [7, 11) is -1.46. The quantitative estimate of drug-likeness (QED) is 0.384. The number of halogens is 5. The number of sulfone groups is 1. The highest BCUT2D eigenvalue weighted by atomic mass is 35.5. The molecular formula is C30H36Cl2F3N3O6S. The van der Waals surface area contributed by atoms with Crippen LogP contribution in [0.1, 0.15) is 49.9 Å². The standard InChI is InChI=1S/C28H35Cl2N3O4S.C2HF3O2/c1-18(2)32(3)23-9-10-26(20(15-23)17-38(36,37)24-7-5-4-6-8-24)33-12-11-25(28(33)35)31-27(34)19-13-21(29)16-22(30)14-19;3-2(4,5)1(6)7/h4-8,13-14,16,18,20,23,25-26H,9-12,15,17H2,1-3H3,(H,31,34);(H,6,7)/t20-,23+,25-,26-;/m0./s1. The average Bonchev–Trinajstić information content (AvgIpc) is 3.31. The second kappa shape index (κ2) is 15.1. The highest BCUT2D eigenvalue weighted by Gasteiger charge is 2.44. The Kier molecular flexibility index (Phi) is 12.3. The Hall–Kier alpha value is -2.87. The van der Waals surface area contributed by atoms with Gasteiger partial charge in [-0.3, -0.25) is 9.59 Å². The van der Waals surface area contributed by atoms with Crippen molar-refractivity contribution in [1.82, 2.24) is 15.1 Å². The van der Waals surface area contributed by atoms with Gasteiger partial charge in [0.2, 0.25) is 5.91 Å². The van der Waals surface area contributed by atoms with Gasteiger partial charge in [0.05, 0.1) is 10.6 Å². The zero-order chi connectivity index (χ0) is 33.7. The predicted molar refractivity (Wildman–Crippen MR) is 164 cm³/mol. The Labute approximate surface area is 270 Å². The number of rotatable bonds is 8. The van der Waals surface area contributed by atoms with Gasteiger partial charge in [-0.15, -0.1) is 0 Å². The summed E-state index contributed by atoms with van der Waals surface area (Å²) in [6, 6.07) is 12.7. The maximum atomic E-state index is 13.5. The molecule has 248 valence electrons. The first-order valence-electron chi connectivity index (χ1n) is 14.3. The number of amides is 2. The maximum Gasteiger partial charge on any atom is 0.490 e. The molecule has 0 bridgehead atoms. The summed E-state index contributed by atoms with van der Waals surface area (Å²) in [5.74, 6) is -3.58. The van der Waals surface area contributed by atoms with E-state index in [-0.39, 0.29) is 35.2 Å². The minimum atomic E-state index is -5.08. The van der Waals surface area contributed by atoms with Crippen LogP contribution in [0.2, 0.25) is 10.0 Å². The van der Waals surface area contributed by atoms with E-state index in [2.05, 4.69) is 31.1 Å². The summed E-state index contributed by atoms with van der Waals surface area (Å²) < 4.78 is 58.5.